The van der Waals surface area contributed by atoms with Gasteiger partial charge in [-0.25, -0.2) is 4.79 Å². The van der Waals surface area contributed by atoms with E-state index in [0.717, 1.165) is 0 Å². The van der Waals surface area contributed by atoms with Crippen LogP contribution in [0.15, 0.2) is 43.0 Å². The molecule has 0 bridgehead atoms. The number of Topliss-reactive ketones (excluding diaryl/α,β-unsaturated/α-hetero) is 1. The van der Waals surface area contributed by atoms with E-state index in [1.165, 1.54) is 6.08 Å². The van der Waals surface area contributed by atoms with E-state index in [1.807, 2.05) is 0 Å². The molecule has 1 aromatic rings. The van der Waals surface area contributed by atoms with E-state index >= 15 is 0 Å². The fourth-order valence-corrected chi connectivity index (χ4v) is 1.61. The molecule has 5 heteroatoms. The molecule has 0 saturated heterocycles. The first-order chi connectivity index (χ1) is 8.61. The van der Waals surface area contributed by atoms with Gasteiger partial charge in [0.15, 0.2) is 0 Å². The molecule has 1 unspecified atom stereocenters. The molecule has 1 N–H and O–H groups in total. The lowest BCUT2D eigenvalue weighted by molar-refractivity contribution is -0.137. The smallest absolute Gasteiger partial charge is 0.441 e. The zero-order valence-corrected chi connectivity index (χ0v) is 9.61. The highest BCUT2D eigenvalue weighted by atomic mass is 16.4. The molecular formula is C13H12N2O3. The van der Waals surface area contributed by atoms with Gasteiger partial charge < -0.3 is 10.6 Å². The van der Waals surface area contributed by atoms with Gasteiger partial charge in [0.2, 0.25) is 0 Å². The SMILES string of the molecule is C=CCC(C(=O)C(=[N+]=[N-])C(=O)O)c1ccccc1. The van der Waals surface area contributed by atoms with Crippen molar-refractivity contribution in [3.05, 3.63) is 54.1 Å². The highest BCUT2D eigenvalue weighted by Crippen LogP contribution is 2.21. The van der Waals surface area contributed by atoms with E-state index in [9.17, 15) is 9.59 Å². The van der Waals surface area contributed by atoms with Crippen LogP contribution in [0.1, 0.15) is 17.9 Å². The van der Waals surface area contributed by atoms with Gasteiger partial charge in [-0.2, -0.15) is 4.79 Å². The minimum absolute atomic E-state index is 0.273. The summed E-state index contributed by atoms with van der Waals surface area (Å²) in [5, 5.41) is 8.77. The van der Waals surface area contributed by atoms with Gasteiger partial charge in [-0.1, -0.05) is 36.4 Å². The first-order valence-corrected chi connectivity index (χ1v) is 5.27. The predicted octanol–water partition coefficient (Wildman–Crippen LogP) is 1.67. The number of carboxylic acids is 1. The normalized spacial score (nSPS) is 11.1. The molecule has 0 aliphatic heterocycles. The number of ketones is 1. The Hall–Kier alpha value is -2.52. The zero-order chi connectivity index (χ0) is 13.5. The Labute approximate surface area is 104 Å². The molecular weight excluding hydrogens is 232 g/mol. The van der Waals surface area contributed by atoms with E-state index in [0.29, 0.717) is 5.56 Å². The second kappa shape index (κ2) is 6.27. The fourth-order valence-electron chi connectivity index (χ4n) is 1.61. The molecule has 0 radical (unpaired) electrons. The summed E-state index contributed by atoms with van der Waals surface area (Å²) in [7, 11) is 0. The minimum Gasteiger partial charge on any atom is -0.472 e. The summed E-state index contributed by atoms with van der Waals surface area (Å²) in [5.74, 6) is -2.99. The van der Waals surface area contributed by atoms with Crippen LogP contribution < -0.4 is 0 Å². The minimum atomic E-state index is -1.55. The summed E-state index contributed by atoms with van der Waals surface area (Å²) < 4.78 is 0. The van der Waals surface area contributed by atoms with Crippen molar-refractivity contribution in [3.63, 3.8) is 0 Å². The molecule has 0 aromatic heterocycles. The molecule has 0 heterocycles. The average molecular weight is 244 g/mol. The highest BCUT2D eigenvalue weighted by molar-refractivity contribution is 6.62. The summed E-state index contributed by atoms with van der Waals surface area (Å²) in [5.41, 5.74) is 8.38. The Morgan fingerprint density at radius 1 is 1.39 bits per heavy atom. The van der Waals surface area contributed by atoms with Gasteiger partial charge in [-0.3, -0.25) is 4.79 Å². The number of benzene rings is 1. The number of nitrogens with zero attached hydrogens (tertiary/aromatic N) is 2. The van der Waals surface area contributed by atoms with E-state index in [-0.39, 0.29) is 6.42 Å². The van der Waals surface area contributed by atoms with Crippen LogP contribution in [0.5, 0.6) is 0 Å². The van der Waals surface area contributed by atoms with Crippen LogP contribution in [0.2, 0.25) is 0 Å². The molecule has 0 spiro atoms. The molecule has 5 nitrogen and oxygen atoms in total. The monoisotopic (exact) mass is 244 g/mol. The van der Waals surface area contributed by atoms with Crippen LogP contribution in [-0.4, -0.2) is 27.4 Å². The predicted molar refractivity (Wildman–Crippen MR) is 65.3 cm³/mol. The highest BCUT2D eigenvalue weighted by Gasteiger charge is 2.35. The van der Waals surface area contributed by atoms with Crippen molar-refractivity contribution in [2.45, 2.75) is 12.3 Å². The van der Waals surface area contributed by atoms with Gasteiger partial charge in [0.1, 0.15) is 0 Å². The van der Waals surface area contributed by atoms with Crippen molar-refractivity contribution in [2.24, 2.45) is 0 Å². The lowest BCUT2D eigenvalue weighted by Crippen LogP contribution is -2.29. The number of allylic oxidation sites excluding steroid dienone is 1. The van der Waals surface area contributed by atoms with Crippen molar-refractivity contribution in [2.75, 3.05) is 0 Å². The van der Waals surface area contributed by atoms with Crippen LogP contribution in [0.25, 0.3) is 5.53 Å². The van der Waals surface area contributed by atoms with Gasteiger partial charge in [-0.15, -0.1) is 6.58 Å². The summed E-state index contributed by atoms with van der Waals surface area (Å²) in [6, 6.07) is 8.70. The van der Waals surface area contributed by atoms with Crippen LogP contribution in [-0.2, 0) is 9.59 Å². The average Bonchev–Trinajstić information content (AvgIpc) is 2.37. The van der Waals surface area contributed by atoms with Crippen LogP contribution >= 0.6 is 0 Å². The number of carbonyl (C=O) groups is 2. The summed E-state index contributed by atoms with van der Waals surface area (Å²) >= 11 is 0. The number of aliphatic carboxylic acids is 1. The number of hydrogen-bond acceptors (Lipinski definition) is 2. The number of carboxylic acid groups (broad SMARTS) is 1. The summed E-state index contributed by atoms with van der Waals surface area (Å²) in [4.78, 5) is 25.3. The maximum Gasteiger partial charge on any atom is 0.441 e. The largest absolute Gasteiger partial charge is 0.472 e. The van der Waals surface area contributed by atoms with Gasteiger partial charge in [0, 0.05) is 0 Å². The number of carbonyl (C=O) groups excluding carboxylic acids is 1. The van der Waals surface area contributed by atoms with Crippen molar-refractivity contribution < 1.29 is 19.5 Å². The molecule has 0 amide bonds. The molecule has 1 rings (SSSR count). The Bertz CT molecular complexity index is 516. The Morgan fingerprint density at radius 3 is 2.44 bits per heavy atom. The van der Waals surface area contributed by atoms with E-state index < -0.39 is 23.4 Å². The van der Waals surface area contributed by atoms with Crippen LogP contribution in [0, 0.1) is 0 Å². The van der Waals surface area contributed by atoms with Gasteiger partial charge >= 0.3 is 11.7 Å². The van der Waals surface area contributed by atoms with Gasteiger partial charge in [0.05, 0.1) is 5.92 Å². The Balaban J connectivity index is 3.14. The molecule has 92 valence electrons. The van der Waals surface area contributed by atoms with E-state index in [1.54, 1.807) is 30.3 Å². The second-order valence-corrected chi connectivity index (χ2v) is 3.61. The summed E-state index contributed by atoms with van der Waals surface area (Å²) in [6.45, 7) is 3.54. The van der Waals surface area contributed by atoms with E-state index in [4.69, 9.17) is 10.6 Å². The lowest BCUT2D eigenvalue weighted by atomic mass is 9.89. The van der Waals surface area contributed by atoms with Crippen molar-refractivity contribution in [3.8, 4) is 0 Å². The number of rotatable bonds is 6. The van der Waals surface area contributed by atoms with Gasteiger partial charge in [-0.05, 0) is 12.0 Å². The third-order valence-electron chi connectivity index (χ3n) is 2.46. The first-order valence-electron chi connectivity index (χ1n) is 5.27. The molecule has 0 aliphatic rings. The van der Waals surface area contributed by atoms with E-state index in [2.05, 4.69) is 11.4 Å². The Morgan fingerprint density at radius 2 is 2.00 bits per heavy atom. The molecule has 0 aliphatic carbocycles. The van der Waals surface area contributed by atoms with Crippen molar-refractivity contribution >= 4 is 17.5 Å². The topological polar surface area (TPSA) is 90.8 Å². The second-order valence-electron chi connectivity index (χ2n) is 3.61. The molecule has 18 heavy (non-hydrogen) atoms. The lowest BCUT2D eigenvalue weighted by Gasteiger charge is -2.10. The first kappa shape index (κ1) is 13.5. The zero-order valence-electron chi connectivity index (χ0n) is 9.61. The third-order valence-corrected chi connectivity index (χ3v) is 2.46. The third kappa shape index (κ3) is 2.99. The number of hydrogen-bond donors (Lipinski definition) is 1. The molecule has 1 aromatic carbocycles. The summed E-state index contributed by atoms with van der Waals surface area (Å²) in [6.07, 6.45) is 1.79. The maximum atomic E-state index is 12.0. The van der Waals surface area contributed by atoms with Crippen molar-refractivity contribution in [1.82, 2.24) is 0 Å². The van der Waals surface area contributed by atoms with Gasteiger partial charge in [0.25, 0.3) is 5.78 Å². The van der Waals surface area contributed by atoms with Crippen LogP contribution in [0.4, 0.5) is 0 Å². The molecule has 0 saturated carbocycles. The Kier molecular flexibility index (Phi) is 4.72. The van der Waals surface area contributed by atoms with Crippen molar-refractivity contribution in [1.29, 1.82) is 0 Å². The standard InChI is InChI=1S/C13H12N2O3/c1-2-6-10(9-7-4-3-5-8-9)12(16)11(15-14)13(17)18/h2-5,7-8,10H,1,6H2,(H,17,18). The van der Waals surface area contributed by atoms with Crippen LogP contribution in [0.3, 0.4) is 0 Å². The molecule has 0 fully saturated rings. The molecule has 1 atom stereocenters. The maximum absolute atomic E-state index is 12.0. The quantitative estimate of drug-likeness (QED) is 0.271. The fraction of sp³-hybridized carbons (Fsp3) is 0.154.